The van der Waals surface area contributed by atoms with Crippen molar-refractivity contribution in [3.05, 3.63) is 47.0 Å². The van der Waals surface area contributed by atoms with E-state index in [0.29, 0.717) is 10.6 Å². The normalized spacial score (nSPS) is 10.7. The van der Waals surface area contributed by atoms with E-state index in [1.165, 1.54) is 30.0 Å². The van der Waals surface area contributed by atoms with E-state index >= 15 is 0 Å². The third-order valence-corrected chi connectivity index (χ3v) is 3.72. The number of nitrogens with zero attached hydrogens (tertiary/aromatic N) is 2. The van der Waals surface area contributed by atoms with Crippen molar-refractivity contribution in [2.75, 3.05) is 0 Å². The highest BCUT2D eigenvalue weighted by atomic mass is 32.2. The molecule has 0 bridgehead atoms. The summed E-state index contributed by atoms with van der Waals surface area (Å²) in [6.45, 7) is 1.89. The van der Waals surface area contributed by atoms with Crippen molar-refractivity contribution in [1.82, 2.24) is 9.78 Å². The largest absolute Gasteiger partial charge is 0.478 e. The van der Waals surface area contributed by atoms with E-state index in [-0.39, 0.29) is 5.56 Å². The first-order valence-corrected chi connectivity index (χ1v) is 6.61. The minimum Gasteiger partial charge on any atom is -0.478 e. The first-order chi connectivity index (χ1) is 8.97. The first-order valence-electron chi connectivity index (χ1n) is 5.62. The lowest BCUT2D eigenvalue weighted by atomic mass is 10.2. The van der Waals surface area contributed by atoms with Crippen LogP contribution < -0.4 is 0 Å². The van der Waals surface area contributed by atoms with E-state index < -0.39 is 11.8 Å². The zero-order valence-corrected chi connectivity index (χ0v) is 11.4. The Bertz CT molecular complexity index is 625. The minimum atomic E-state index is -1.06. The smallest absolute Gasteiger partial charge is 0.335 e. The zero-order chi connectivity index (χ0) is 14.0. The van der Waals surface area contributed by atoms with Crippen LogP contribution in [0.1, 0.15) is 21.7 Å². The molecule has 0 atom stereocenters. The average Bonchev–Trinajstić information content (AvgIpc) is 2.66. The third-order valence-electron chi connectivity index (χ3n) is 2.65. The van der Waals surface area contributed by atoms with Gasteiger partial charge in [0.15, 0.2) is 0 Å². The van der Waals surface area contributed by atoms with Gasteiger partial charge in [0.25, 0.3) is 0 Å². The molecule has 1 aromatic heterocycles. The minimum absolute atomic E-state index is 0.0880. The molecular weight excluding hydrogens is 267 g/mol. The van der Waals surface area contributed by atoms with Crippen molar-refractivity contribution >= 4 is 17.7 Å². The maximum absolute atomic E-state index is 13.6. The van der Waals surface area contributed by atoms with Crippen LogP contribution in [-0.2, 0) is 12.8 Å². The number of aryl methyl sites for hydroxylation is 2. The molecule has 0 aliphatic rings. The van der Waals surface area contributed by atoms with E-state index in [1.807, 2.05) is 20.0 Å². The standard InChI is InChI=1S/C13H13FN2O2S/c1-8-5-10(16(2)15-8)7-19-12-6-9(13(17)18)3-4-11(12)14/h3-6H,7H2,1-2H3,(H,17,18). The van der Waals surface area contributed by atoms with Crippen LogP contribution in [0, 0.1) is 12.7 Å². The lowest BCUT2D eigenvalue weighted by Gasteiger charge is -2.05. The highest BCUT2D eigenvalue weighted by molar-refractivity contribution is 7.98. The molecule has 19 heavy (non-hydrogen) atoms. The number of carboxylic acid groups (broad SMARTS) is 1. The molecular formula is C13H13FN2O2S. The Morgan fingerprint density at radius 2 is 2.21 bits per heavy atom. The van der Waals surface area contributed by atoms with Crippen molar-refractivity contribution in [1.29, 1.82) is 0 Å². The molecule has 0 aliphatic heterocycles. The monoisotopic (exact) mass is 280 g/mol. The van der Waals surface area contributed by atoms with Gasteiger partial charge in [0.2, 0.25) is 0 Å². The number of rotatable bonds is 4. The molecule has 1 N–H and O–H groups in total. The summed E-state index contributed by atoms with van der Waals surface area (Å²) in [5.74, 6) is -0.927. The summed E-state index contributed by atoms with van der Waals surface area (Å²) in [4.78, 5) is 11.2. The van der Waals surface area contributed by atoms with Gasteiger partial charge in [-0.2, -0.15) is 5.10 Å². The summed E-state index contributed by atoms with van der Waals surface area (Å²) >= 11 is 1.26. The fourth-order valence-corrected chi connectivity index (χ4v) is 2.69. The van der Waals surface area contributed by atoms with Crippen LogP contribution in [0.5, 0.6) is 0 Å². The van der Waals surface area contributed by atoms with Gasteiger partial charge in [0.05, 0.1) is 11.3 Å². The Morgan fingerprint density at radius 1 is 1.47 bits per heavy atom. The quantitative estimate of drug-likeness (QED) is 0.875. The predicted octanol–water partition coefficient (Wildman–Crippen LogP) is 2.86. The van der Waals surface area contributed by atoms with Crippen LogP contribution in [0.4, 0.5) is 4.39 Å². The van der Waals surface area contributed by atoms with Crippen LogP contribution in [0.15, 0.2) is 29.2 Å². The highest BCUT2D eigenvalue weighted by Crippen LogP contribution is 2.26. The van der Waals surface area contributed by atoms with Crippen molar-refractivity contribution in [2.45, 2.75) is 17.6 Å². The molecule has 0 fully saturated rings. The summed E-state index contributed by atoms with van der Waals surface area (Å²) in [5.41, 5.74) is 1.95. The molecule has 0 spiro atoms. The van der Waals surface area contributed by atoms with Gasteiger partial charge in [-0.3, -0.25) is 4.68 Å². The Hall–Kier alpha value is -1.82. The number of thioether (sulfide) groups is 1. The summed E-state index contributed by atoms with van der Waals surface area (Å²) in [5, 5.41) is 13.1. The molecule has 0 saturated heterocycles. The second-order valence-corrected chi connectivity index (χ2v) is 5.16. The second-order valence-electron chi connectivity index (χ2n) is 4.14. The summed E-state index contributed by atoms with van der Waals surface area (Å²) in [6, 6.07) is 5.72. The Labute approximate surface area is 114 Å². The van der Waals surface area contributed by atoms with Gasteiger partial charge >= 0.3 is 5.97 Å². The summed E-state index contributed by atoms with van der Waals surface area (Å²) < 4.78 is 15.3. The molecule has 0 unspecified atom stereocenters. The number of hydrogen-bond acceptors (Lipinski definition) is 3. The average molecular weight is 280 g/mol. The van der Waals surface area contributed by atoms with Crippen LogP contribution in [0.3, 0.4) is 0 Å². The predicted molar refractivity (Wildman–Crippen MR) is 70.9 cm³/mol. The fourth-order valence-electron chi connectivity index (χ4n) is 1.70. The van der Waals surface area contributed by atoms with Crippen molar-refractivity contribution in [3.63, 3.8) is 0 Å². The molecule has 4 nitrogen and oxygen atoms in total. The number of aromatic nitrogens is 2. The third kappa shape index (κ3) is 3.14. The van der Waals surface area contributed by atoms with Gasteiger partial charge in [-0.05, 0) is 31.2 Å². The van der Waals surface area contributed by atoms with Crippen molar-refractivity contribution < 1.29 is 14.3 Å². The van der Waals surface area contributed by atoms with Crippen LogP contribution in [0.2, 0.25) is 0 Å². The van der Waals surface area contributed by atoms with Crippen LogP contribution in [-0.4, -0.2) is 20.9 Å². The molecule has 0 aliphatic carbocycles. The molecule has 2 aromatic rings. The maximum atomic E-state index is 13.6. The number of hydrogen-bond donors (Lipinski definition) is 1. The molecule has 2 rings (SSSR count). The van der Waals surface area contributed by atoms with E-state index in [2.05, 4.69) is 5.10 Å². The fraction of sp³-hybridized carbons (Fsp3) is 0.231. The Balaban J connectivity index is 2.17. The lowest BCUT2D eigenvalue weighted by molar-refractivity contribution is 0.0696. The number of carbonyl (C=O) groups is 1. The Morgan fingerprint density at radius 3 is 2.79 bits per heavy atom. The van der Waals surface area contributed by atoms with E-state index in [4.69, 9.17) is 5.11 Å². The molecule has 0 saturated carbocycles. The SMILES string of the molecule is Cc1cc(CSc2cc(C(=O)O)ccc2F)n(C)n1. The molecule has 0 radical (unpaired) electrons. The van der Waals surface area contributed by atoms with E-state index in [9.17, 15) is 9.18 Å². The van der Waals surface area contributed by atoms with Crippen LogP contribution >= 0.6 is 11.8 Å². The molecule has 6 heteroatoms. The maximum Gasteiger partial charge on any atom is 0.335 e. The number of benzene rings is 1. The molecule has 100 valence electrons. The highest BCUT2D eigenvalue weighted by Gasteiger charge is 2.10. The first kappa shape index (κ1) is 13.6. The van der Waals surface area contributed by atoms with Crippen molar-refractivity contribution in [3.8, 4) is 0 Å². The number of carboxylic acids is 1. The summed E-state index contributed by atoms with van der Waals surface area (Å²) in [6.07, 6.45) is 0. The van der Waals surface area contributed by atoms with Gasteiger partial charge in [-0.25, -0.2) is 9.18 Å². The molecule has 0 amide bonds. The second kappa shape index (κ2) is 5.44. The van der Waals surface area contributed by atoms with E-state index in [0.717, 1.165) is 11.4 Å². The van der Waals surface area contributed by atoms with Gasteiger partial charge in [-0.15, -0.1) is 11.8 Å². The topological polar surface area (TPSA) is 55.1 Å². The van der Waals surface area contributed by atoms with Gasteiger partial charge in [-0.1, -0.05) is 0 Å². The van der Waals surface area contributed by atoms with Crippen molar-refractivity contribution in [2.24, 2.45) is 7.05 Å². The van der Waals surface area contributed by atoms with Crippen LogP contribution in [0.25, 0.3) is 0 Å². The zero-order valence-electron chi connectivity index (χ0n) is 10.6. The number of halogens is 1. The van der Waals surface area contributed by atoms with Gasteiger partial charge in [0, 0.05) is 23.4 Å². The molecule has 1 aromatic carbocycles. The molecule has 1 heterocycles. The summed E-state index contributed by atoms with van der Waals surface area (Å²) in [7, 11) is 1.83. The van der Waals surface area contributed by atoms with E-state index in [1.54, 1.807) is 4.68 Å². The number of aromatic carboxylic acids is 1. The Kier molecular flexibility index (Phi) is 3.90. The lowest BCUT2D eigenvalue weighted by Crippen LogP contribution is -1.98. The van der Waals surface area contributed by atoms with Gasteiger partial charge in [0.1, 0.15) is 5.82 Å². The van der Waals surface area contributed by atoms with Gasteiger partial charge < -0.3 is 5.11 Å².